The lowest BCUT2D eigenvalue weighted by Crippen LogP contribution is -2.48. The molecule has 2 heterocycles. The molecule has 0 aliphatic carbocycles. The van der Waals surface area contributed by atoms with Crippen LogP contribution in [0.1, 0.15) is 21.8 Å². The Labute approximate surface area is 141 Å². The zero-order chi connectivity index (χ0) is 16.2. The number of piperazine rings is 1. The lowest BCUT2D eigenvalue weighted by Gasteiger charge is -2.34. The molecule has 0 unspecified atom stereocenters. The van der Waals surface area contributed by atoms with Crippen molar-refractivity contribution < 1.29 is 4.79 Å². The Morgan fingerprint density at radius 2 is 1.83 bits per heavy atom. The van der Waals surface area contributed by atoms with Crippen LogP contribution in [0.4, 0.5) is 0 Å². The van der Waals surface area contributed by atoms with E-state index in [9.17, 15) is 4.79 Å². The summed E-state index contributed by atoms with van der Waals surface area (Å²) in [6.45, 7) is 8.55. The van der Waals surface area contributed by atoms with E-state index in [1.807, 2.05) is 17.2 Å². The van der Waals surface area contributed by atoms with Crippen molar-refractivity contribution in [1.82, 2.24) is 14.8 Å². The van der Waals surface area contributed by atoms with E-state index in [-0.39, 0.29) is 5.91 Å². The van der Waals surface area contributed by atoms with Crippen molar-refractivity contribution in [2.75, 3.05) is 26.2 Å². The number of benzene rings is 1. The fraction of sp³-hybridized carbons (Fsp3) is 0.444. The van der Waals surface area contributed by atoms with Crippen molar-refractivity contribution in [1.29, 1.82) is 0 Å². The Kier molecular flexibility index (Phi) is 5.08. The van der Waals surface area contributed by atoms with Gasteiger partial charge in [-0.1, -0.05) is 29.8 Å². The predicted octanol–water partition coefficient (Wildman–Crippen LogP) is 2.65. The minimum atomic E-state index is 0.203. The summed E-state index contributed by atoms with van der Waals surface area (Å²) in [5.74, 6) is 0.203. The highest BCUT2D eigenvalue weighted by molar-refractivity contribution is 7.09. The summed E-state index contributed by atoms with van der Waals surface area (Å²) >= 11 is 1.58. The predicted molar refractivity (Wildman–Crippen MR) is 93.6 cm³/mol. The van der Waals surface area contributed by atoms with E-state index in [0.29, 0.717) is 6.42 Å². The van der Waals surface area contributed by atoms with Crippen molar-refractivity contribution in [3.8, 4) is 0 Å². The summed E-state index contributed by atoms with van der Waals surface area (Å²) in [5, 5.41) is 2.93. The first-order chi connectivity index (χ1) is 11.1. The molecule has 1 amide bonds. The standard InChI is InChI=1S/C18H23N3OS/c1-14-3-5-16(6-4-14)12-20-7-9-21(10-8-20)18(22)11-17-19-15(2)13-23-17/h3-6,13H,7-12H2,1-2H3. The van der Waals surface area contributed by atoms with Gasteiger partial charge in [0.05, 0.1) is 6.42 Å². The van der Waals surface area contributed by atoms with E-state index in [1.54, 1.807) is 11.3 Å². The molecule has 1 saturated heterocycles. The Morgan fingerprint density at radius 3 is 2.43 bits per heavy atom. The highest BCUT2D eigenvalue weighted by Crippen LogP contribution is 2.13. The van der Waals surface area contributed by atoms with E-state index >= 15 is 0 Å². The molecule has 1 aliphatic rings. The van der Waals surface area contributed by atoms with Gasteiger partial charge in [0.25, 0.3) is 0 Å². The molecule has 0 bridgehead atoms. The molecule has 3 rings (SSSR count). The maximum atomic E-state index is 12.4. The Morgan fingerprint density at radius 1 is 1.13 bits per heavy atom. The number of carbonyl (C=O) groups excluding carboxylic acids is 1. The van der Waals surface area contributed by atoms with Crippen LogP contribution in [0.25, 0.3) is 0 Å². The van der Waals surface area contributed by atoms with Crippen LogP contribution >= 0.6 is 11.3 Å². The Hall–Kier alpha value is -1.72. The van der Waals surface area contributed by atoms with Crippen molar-refractivity contribution >= 4 is 17.2 Å². The zero-order valence-corrected chi connectivity index (χ0v) is 14.6. The van der Waals surface area contributed by atoms with Gasteiger partial charge >= 0.3 is 0 Å². The highest BCUT2D eigenvalue weighted by Gasteiger charge is 2.21. The van der Waals surface area contributed by atoms with E-state index in [2.05, 4.69) is 41.1 Å². The van der Waals surface area contributed by atoms with Crippen LogP contribution in [0.15, 0.2) is 29.6 Å². The fourth-order valence-electron chi connectivity index (χ4n) is 2.83. The van der Waals surface area contributed by atoms with E-state index in [0.717, 1.165) is 43.4 Å². The van der Waals surface area contributed by atoms with Gasteiger partial charge in [-0.05, 0) is 19.4 Å². The molecule has 0 saturated carbocycles. The minimum Gasteiger partial charge on any atom is -0.340 e. The number of aromatic nitrogens is 1. The smallest absolute Gasteiger partial charge is 0.229 e. The van der Waals surface area contributed by atoms with Gasteiger partial charge in [-0.15, -0.1) is 11.3 Å². The third-order valence-corrected chi connectivity index (χ3v) is 5.19. The summed E-state index contributed by atoms with van der Waals surface area (Å²) in [5.41, 5.74) is 3.64. The van der Waals surface area contributed by atoms with Crippen LogP contribution in [0.2, 0.25) is 0 Å². The molecule has 1 fully saturated rings. The fourth-order valence-corrected chi connectivity index (χ4v) is 3.59. The molecule has 1 aromatic heterocycles. The average Bonchev–Trinajstić information content (AvgIpc) is 2.95. The van der Waals surface area contributed by atoms with Gasteiger partial charge in [-0.3, -0.25) is 9.69 Å². The van der Waals surface area contributed by atoms with Crippen LogP contribution in [-0.2, 0) is 17.8 Å². The number of hydrogen-bond donors (Lipinski definition) is 0. The second-order valence-electron chi connectivity index (χ2n) is 6.20. The van der Waals surface area contributed by atoms with Crippen LogP contribution in [0.5, 0.6) is 0 Å². The number of rotatable bonds is 4. The molecule has 1 aliphatic heterocycles. The summed E-state index contributed by atoms with van der Waals surface area (Å²) in [7, 11) is 0. The average molecular weight is 329 g/mol. The molecule has 0 radical (unpaired) electrons. The summed E-state index contributed by atoms with van der Waals surface area (Å²) in [6, 6.07) is 8.70. The van der Waals surface area contributed by atoms with Gasteiger partial charge in [0.15, 0.2) is 0 Å². The lowest BCUT2D eigenvalue weighted by molar-refractivity contribution is -0.132. The van der Waals surface area contributed by atoms with Gasteiger partial charge in [0.2, 0.25) is 5.91 Å². The maximum Gasteiger partial charge on any atom is 0.229 e. The quantitative estimate of drug-likeness (QED) is 0.865. The summed E-state index contributed by atoms with van der Waals surface area (Å²) < 4.78 is 0. The molecule has 122 valence electrons. The number of thiazole rings is 1. The normalized spacial score (nSPS) is 15.8. The van der Waals surface area contributed by atoms with Gasteiger partial charge < -0.3 is 4.90 Å². The lowest BCUT2D eigenvalue weighted by atomic mass is 10.1. The number of nitrogens with zero attached hydrogens (tertiary/aromatic N) is 3. The monoisotopic (exact) mass is 329 g/mol. The van der Waals surface area contributed by atoms with Gasteiger partial charge in [0, 0.05) is 43.8 Å². The zero-order valence-electron chi connectivity index (χ0n) is 13.8. The van der Waals surface area contributed by atoms with E-state index in [1.165, 1.54) is 11.1 Å². The van der Waals surface area contributed by atoms with Gasteiger partial charge in [-0.25, -0.2) is 4.98 Å². The number of hydrogen-bond acceptors (Lipinski definition) is 4. The highest BCUT2D eigenvalue weighted by atomic mass is 32.1. The number of carbonyl (C=O) groups is 1. The minimum absolute atomic E-state index is 0.203. The van der Waals surface area contributed by atoms with Crippen LogP contribution in [0.3, 0.4) is 0 Å². The molecule has 23 heavy (non-hydrogen) atoms. The third kappa shape index (κ3) is 4.39. The molecular weight excluding hydrogens is 306 g/mol. The van der Waals surface area contributed by atoms with Crippen LogP contribution in [0, 0.1) is 13.8 Å². The third-order valence-electron chi connectivity index (χ3n) is 4.22. The van der Waals surface area contributed by atoms with Crippen LogP contribution < -0.4 is 0 Å². The second-order valence-corrected chi connectivity index (χ2v) is 7.14. The van der Waals surface area contributed by atoms with Crippen molar-refractivity contribution in [2.24, 2.45) is 0 Å². The molecule has 1 aromatic carbocycles. The Balaban J connectivity index is 1.48. The van der Waals surface area contributed by atoms with Crippen molar-refractivity contribution in [3.05, 3.63) is 51.5 Å². The first-order valence-corrected chi connectivity index (χ1v) is 8.95. The molecule has 2 aromatic rings. The van der Waals surface area contributed by atoms with Crippen LogP contribution in [-0.4, -0.2) is 46.9 Å². The molecule has 0 spiro atoms. The van der Waals surface area contributed by atoms with Crippen molar-refractivity contribution in [2.45, 2.75) is 26.8 Å². The topological polar surface area (TPSA) is 36.4 Å². The molecular formula is C18H23N3OS. The largest absolute Gasteiger partial charge is 0.340 e. The van der Waals surface area contributed by atoms with Gasteiger partial charge in [-0.2, -0.15) is 0 Å². The summed E-state index contributed by atoms with van der Waals surface area (Å²) in [4.78, 5) is 21.1. The number of aryl methyl sites for hydroxylation is 2. The Bertz CT molecular complexity index is 657. The van der Waals surface area contributed by atoms with E-state index in [4.69, 9.17) is 0 Å². The molecule has 4 nitrogen and oxygen atoms in total. The van der Waals surface area contributed by atoms with E-state index < -0.39 is 0 Å². The molecule has 0 N–H and O–H groups in total. The first kappa shape index (κ1) is 16.1. The second kappa shape index (κ2) is 7.23. The molecule has 5 heteroatoms. The molecule has 0 atom stereocenters. The van der Waals surface area contributed by atoms with Gasteiger partial charge in [0.1, 0.15) is 5.01 Å². The van der Waals surface area contributed by atoms with Crippen molar-refractivity contribution in [3.63, 3.8) is 0 Å². The maximum absolute atomic E-state index is 12.4. The number of amides is 1. The summed E-state index contributed by atoms with van der Waals surface area (Å²) in [6.07, 6.45) is 0.441. The first-order valence-electron chi connectivity index (χ1n) is 8.07. The SMILES string of the molecule is Cc1ccc(CN2CCN(C(=O)Cc3nc(C)cs3)CC2)cc1.